The van der Waals surface area contributed by atoms with E-state index in [1.165, 1.54) is 0 Å². The van der Waals surface area contributed by atoms with Gasteiger partial charge in [0, 0.05) is 12.1 Å². The van der Waals surface area contributed by atoms with Crippen molar-refractivity contribution in [1.82, 2.24) is 4.90 Å². The molecule has 1 aromatic carbocycles. The molecule has 5 nitrogen and oxygen atoms in total. The molecule has 2 N–H and O–H groups in total. The van der Waals surface area contributed by atoms with Crippen LogP contribution in [0.3, 0.4) is 0 Å². The monoisotopic (exact) mass is 364 g/mol. The Morgan fingerprint density at radius 3 is 2.52 bits per heavy atom. The summed E-state index contributed by atoms with van der Waals surface area (Å²) < 4.78 is 39.4. The molecule has 0 radical (unpaired) electrons. The molecule has 0 fully saturated rings. The molecule has 0 aliphatic carbocycles. The van der Waals surface area contributed by atoms with Crippen LogP contribution in [0.4, 0.5) is 18.9 Å². The van der Waals surface area contributed by atoms with Crippen molar-refractivity contribution >= 4 is 33.4 Å². The van der Waals surface area contributed by atoms with Crippen LogP contribution < -0.4 is 5.32 Å². The Kier molecular flexibility index (Phi) is 4.33. The van der Waals surface area contributed by atoms with Crippen molar-refractivity contribution in [2.24, 2.45) is 0 Å². The molecular formula is C12H8BrF3N2O3. The Labute approximate surface area is 125 Å². The minimum Gasteiger partial charge on any atom is -0.395 e. The molecule has 1 aliphatic heterocycles. The number of nitrogens with one attached hydrogen (secondary N) is 1. The number of anilines is 1. The summed E-state index contributed by atoms with van der Waals surface area (Å²) in [5, 5.41) is 11.0. The van der Waals surface area contributed by atoms with Gasteiger partial charge in [-0.2, -0.15) is 0 Å². The van der Waals surface area contributed by atoms with Crippen molar-refractivity contribution in [1.29, 1.82) is 0 Å². The van der Waals surface area contributed by atoms with Crippen LogP contribution in [0.1, 0.15) is 0 Å². The van der Waals surface area contributed by atoms with Crippen LogP contribution in [-0.2, 0) is 9.59 Å². The van der Waals surface area contributed by atoms with Gasteiger partial charge in [-0.3, -0.25) is 14.5 Å². The normalized spacial score (nSPS) is 14.7. The predicted molar refractivity (Wildman–Crippen MR) is 69.5 cm³/mol. The first-order valence-corrected chi connectivity index (χ1v) is 6.44. The highest BCUT2D eigenvalue weighted by Crippen LogP contribution is 2.29. The first kappa shape index (κ1) is 15.5. The Balaban J connectivity index is 2.30. The van der Waals surface area contributed by atoms with Gasteiger partial charge in [0.05, 0.1) is 23.3 Å². The molecule has 112 valence electrons. The third kappa shape index (κ3) is 2.79. The third-order valence-corrected chi connectivity index (χ3v) is 3.40. The lowest BCUT2D eigenvalue weighted by molar-refractivity contribution is -0.137. The number of amides is 2. The van der Waals surface area contributed by atoms with Crippen LogP contribution in [-0.4, -0.2) is 35.0 Å². The molecular weight excluding hydrogens is 357 g/mol. The number of aliphatic hydroxyl groups is 1. The average molecular weight is 365 g/mol. The van der Waals surface area contributed by atoms with Crippen LogP contribution in [0, 0.1) is 17.5 Å². The topological polar surface area (TPSA) is 69.6 Å². The number of hydrogen-bond acceptors (Lipinski definition) is 4. The lowest BCUT2D eigenvalue weighted by Gasteiger charge is -2.14. The number of β-amino-alcohol motifs (C(OH)–C–C–N with tert-alkyl or cyclic N) is 1. The Morgan fingerprint density at radius 2 is 1.90 bits per heavy atom. The van der Waals surface area contributed by atoms with Crippen molar-refractivity contribution in [3.63, 3.8) is 0 Å². The summed E-state index contributed by atoms with van der Waals surface area (Å²) in [6, 6.07) is 0.530. The van der Waals surface area contributed by atoms with Gasteiger partial charge in [-0.1, -0.05) is 0 Å². The van der Waals surface area contributed by atoms with E-state index in [2.05, 4.69) is 21.2 Å². The second kappa shape index (κ2) is 5.86. The minimum atomic E-state index is -1.40. The number of carbonyl (C=O) groups is 2. The average Bonchev–Trinajstić information content (AvgIpc) is 2.70. The van der Waals surface area contributed by atoms with E-state index in [1.54, 1.807) is 0 Å². The molecule has 1 aromatic rings. The zero-order valence-corrected chi connectivity index (χ0v) is 11.9. The number of halogens is 4. The fourth-order valence-electron chi connectivity index (χ4n) is 1.72. The largest absolute Gasteiger partial charge is 0.395 e. The van der Waals surface area contributed by atoms with Gasteiger partial charge in [0.25, 0.3) is 11.8 Å². The predicted octanol–water partition coefficient (Wildman–Crippen LogP) is 1.52. The summed E-state index contributed by atoms with van der Waals surface area (Å²) in [6.45, 7) is -0.646. The zero-order valence-electron chi connectivity index (χ0n) is 10.3. The third-order valence-electron chi connectivity index (χ3n) is 2.70. The SMILES string of the molecule is O=C1C=C(Nc2cc(F)c(F)c(Br)c2F)C(=O)N1CCO. The summed E-state index contributed by atoms with van der Waals surface area (Å²) in [7, 11) is 0. The fraction of sp³-hybridized carbons (Fsp3) is 0.167. The second-order valence-electron chi connectivity index (χ2n) is 4.05. The number of benzene rings is 1. The molecule has 0 saturated carbocycles. The molecule has 2 amide bonds. The van der Waals surface area contributed by atoms with E-state index >= 15 is 0 Å². The quantitative estimate of drug-likeness (QED) is 0.482. The maximum atomic E-state index is 13.8. The van der Waals surface area contributed by atoms with E-state index in [9.17, 15) is 22.8 Å². The first-order chi connectivity index (χ1) is 9.86. The number of aliphatic hydroxyl groups excluding tert-OH is 1. The van der Waals surface area contributed by atoms with Crippen molar-refractivity contribution in [2.75, 3.05) is 18.5 Å². The van der Waals surface area contributed by atoms with E-state index in [-0.39, 0.29) is 12.2 Å². The van der Waals surface area contributed by atoms with E-state index in [1.807, 2.05) is 0 Å². The lowest BCUT2D eigenvalue weighted by atomic mass is 10.2. The van der Waals surface area contributed by atoms with E-state index in [4.69, 9.17) is 5.11 Å². The summed E-state index contributed by atoms with van der Waals surface area (Å²) in [6.07, 6.45) is 0.882. The zero-order chi connectivity index (χ0) is 15.7. The molecule has 1 heterocycles. The number of rotatable bonds is 4. The maximum Gasteiger partial charge on any atom is 0.277 e. The molecule has 0 atom stereocenters. The van der Waals surface area contributed by atoms with Gasteiger partial charge in [-0.05, 0) is 15.9 Å². The van der Waals surface area contributed by atoms with E-state index < -0.39 is 46.0 Å². The maximum absolute atomic E-state index is 13.8. The first-order valence-electron chi connectivity index (χ1n) is 5.65. The van der Waals surface area contributed by atoms with Gasteiger partial charge in [-0.25, -0.2) is 13.2 Å². The van der Waals surface area contributed by atoms with Crippen molar-refractivity contribution < 1.29 is 27.9 Å². The van der Waals surface area contributed by atoms with E-state index in [0.29, 0.717) is 6.07 Å². The smallest absolute Gasteiger partial charge is 0.277 e. The molecule has 2 rings (SSSR count). The highest BCUT2D eigenvalue weighted by atomic mass is 79.9. The Hall–Kier alpha value is -1.87. The van der Waals surface area contributed by atoms with Crippen LogP contribution in [0.2, 0.25) is 0 Å². The van der Waals surface area contributed by atoms with Gasteiger partial charge in [-0.15, -0.1) is 0 Å². The second-order valence-corrected chi connectivity index (χ2v) is 4.84. The standard InChI is InChI=1S/C12H8BrF3N2O3/c13-9-10(15)5(14)3-6(11(9)16)17-7-4-8(20)18(1-2-19)12(7)21/h3-4,17,19H,1-2H2. The van der Waals surface area contributed by atoms with Crippen molar-refractivity contribution in [3.05, 3.63) is 39.8 Å². The van der Waals surface area contributed by atoms with Crippen molar-refractivity contribution in [2.45, 2.75) is 0 Å². The lowest BCUT2D eigenvalue weighted by Crippen LogP contribution is -2.34. The number of hydrogen-bond donors (Lipinski definition) is 2. The molecule has 9 heteroatoms. The molecule has 0 spiro atoms. The molecule has 0 unspecified atom stereocenters. The molecule has 0 bridgehead atoms. The summed E-state index contributed by atoms with van der Waals surface area (Å²) in [5.41, 5.74) is -0.802. The molecule has 0 saturated heterocycles. The molecule has 21 heavy (non-hydrogen) atoms. The van der Waals surface area contributed by atoms with Crippen LogP contribution in [0.15, 0.2) is 22.3 Å². The Morgan fingerprint density at radius 1 is 1.24 bits per heavy atom. The van der Waals surface area contributed by atoms with Gasteiger partial charge in [0.2, 0.25) is 0 Å². The van der Waals surface area contributed by atoms with Gasteiger partial charge < -0.3 is 10.4 Å². The van der Waals surface area contributed by atoms with Crippen LogP contribution in [0.25, 0.3) is 0 Å². The van der Waals surface area contributed by atoms with Crippen molar-refractivity contribution in [3.8, 4) is 0 Å². The summed E-state index contributed by atoms with van der Waals surface area (Å²) >= 11 is 2.55. The number of nitrogens with zero attached hydrogens (tertiary/aromatic N) is 1. The summed E-state index contributed by atoms with van der Waals surface area (Å²) in [5.74, 6) is -5.36. The minimum absolute atomic E-state index is 0.219. The van der Waals surface area contributed by atoms with Crippen LogP contribution >= 0.6 is 15.9 Å². The highest BCUT2D eigenvalue weighted by molar-refractivity contribution is 9.10. The molecule has 1 aliphatic rings. The van der Waals surface area contributed by atoms with Gasteiger partial charge in [0.1, 0.15) is 5.70 Å². The number of carbonyl (C=O) groups excluding carboxylic acids is 2. The summed E-state index contributed by atoms with van der Waals surface area (Å²) in [4.78, 5) is 24.0. The van der Waals surface area contributed by atoms with Gasteiger partial charge in [0.15, 0.2) is 17.5 Å². The van der Waals surface area contributed by atoms with Gasteiger partial charge >= 0.3 is 0 Å². The Bertz CT molecular complexity index is 664. The van der Waals surface area contributed by atoms with E-state index in [0.717, 1.165) is 11.0 Å². The molecule has 0 aromatic heterocycles. The fourth-order valence-corrected chi connectivity index (χ4v) is 2.12. The number of imide groups is 1. The van der Waals surface area contributed by atoms with Crippen LogP contribution in [0.5, 0.6) is 0 Å². The highest BCUT2D eigenvalue weighted by Gasteiger charge is 2.31.